The van der Waals surface area contributed by atoms with Crippen LogP contribution in [0.1, 0.15) is 6.42 Å². The highest BCUT2D eigenvalue weighted by Crippen LogP contribution is 2.34. The molecule has 13 heavy (non-hydrogen) atoms. The maximum Gasteiger partial charge on any atom is 0.224 e. The summed E-state index contributed by atoms with van der Waals surface area (Å²) < 4.78 is 0. The van der Waals surface area contributed by atoms with Crippen LogP contribution in [0.2, 0.25) is 0 Å². The van der Waals surface area contributed by atoms with Gasteiger partial charge in [0.05, 0.1) is 6.04 Å². The van der Waals surface area contributed by atoms with Crippen LogP contribution >= 0.6 is 0 Å². The highest BCUT2D eigenvalue weighted by Gasteiger charge is 2.33. The van der Waals surface area contributed by atoms with Gasteiger partial charge in [-0.25, -0.2) is 0 Å². The first-order chi connectivity index (χ1) is 6.33. The Morgan fingerprint density at radius 2 is 2.08 bits per heavy atom. The molecule has 0 radical (unpaired) electrons. The first kappa shape index (κ1) is 7.13. The minimum atomic E-state index is 0.160. The smallest absolute Gasteiger partial charge is 0.224 e. The first-order valence-corrected chi connectivity index (χ1v) is 4.69. The highest BCUT2D eigenvalue weighted by atomic mass is 16.1. The molecular formula is C11H11NO. The van der Waals surface area contributed by atoms with Crippen molar-refractivity contribution in [2.24, 2.45) is 11.8 Å². The second-order valence-corrected chi connectivity index (χ2v) is 3.88. The molecule has 66 valence electrons. The van der Waals surface area contributed by atoms with E-state index < -0.39 is 0 Å². The molecule has 4 bridgehead atoms. The number of amides is 1. The highest BCUT2D eigenvalue weighted by molar-refractivity contribution is 5.81. The van der Waals surface area contributed by atoms with Gasteiger partial charge in [0.1, 0.15) is 0 Å². The van der Waals surface area contributed by atoms with Crippen molar-refractivity contribution in [2.45, 2.75) is 12.5 Å². The molecule has 1 heterocycles. The van der Waals surface area contributed by atoms with Crippen molar-refractivity contribution in [1.82, 2.24) is 5.32 Å². The molecular weight excluding hydrogens is 162 g/mol. The Morgan fingerprint density at radius 3 is 3.00 bits per heavy atom. The molecule has 3 aliphatic carbocycles. The number of piperidine rings is 1. The lowest BCUT2D eigenvalue weighted by atomic mass is 9.82. The summed E-state index contributed by atoms with van der Waals surface area (Å²) in [5.74, 6) is 1.00. The third-order valence-electron chi connectivity index (χ3n) is 3.00. The van der Waals surface area contributed by atoms with Crippen molar-refractivity contribution in [3.63, 3.8) is 0 Å². The van der Waals surface area contributed by atoms with Crippen LogP contribution in [0.3, 0.4) is 0 Å². The van der Waals surface area contributed by atoms with Crippen molar-refractivity contribution in [3.05, 3.63) is 36.0 Å². The summed E-state index contributed by atoms with van der Waals surface area (Å²) in [6.07, 6.45) is 11.5. The summed E-state index contributed by atoms with van der Waals surface area (Å²) in [4.78, 5) is 11.3. The topological polar surface area (TPSA) is 29.1 Å². The largest absolute Gasteiger partial charge is 0.349 e. The molecule has 2 nitrogen and oxygen atoms in total. The summed E-state index contributed by atoms with van der Waals surface area (Å²) >= 11 is 0. The van der Waals surface area contributed by atoms with E-state index in [-0.39, 0.29) is 11.9 Å². The molecule has 3 atom stereocenters. The SMILES string of the molecule is O=C1CC2=C[C@H]3C=C[C@@H](N1)[C@H]2C=C3. The monoisotopic (exact) mass is 173 g/mol. The summed E-state index contributed by atoms with van der Waals surface area (Å²) in [5, 5.41) is 3.00. The van der Waals surface area contributed by atoms with Gasteiger partial charge in [0, 0.05) is 18.3 Å². The molecule has 0 spiro atoms. The Labute approximate surface area is 77.0 Å². The Balaban J connectivity index is 2.09. The van der Waals surface area contributed by atoms with Crippen LogP contribution in [-0.2, 0) is 4.79 Å². The lowest BCUT2D eigenvalue weighted by Gasteiger charge is -2.31. The Bertz CT molecular complexity index is 351. The van der Waals surface area contributed by atoms with Gasteiger partial charge in [-0.15, -0.1) is 0 Å². The molecule has 0 aromatic heterocycles. The van der Waals surface area contributed by atoms with Gasteiger partial charge in [0.15, 0.2) is 0 Å². The van der Waals surface area contributed by atoms with E-state index in [9.17, 15) is 4.79 Å². The van der Waals surface area contributed by atoms with Crippen molar-refractivity contribution in [1.29, 1.82) is 0 Å². The number of hydrogen-bond acceptors (Lipinski definition) is 1. The summed E-state index contributed by atoms with van der Waals surface area (Å²) in [6.45, 7) is 0. The molecule has 1 aliphatic heterocycles. The van der Waals surface area contributed by atoms with Crippen molar-refractivity contribution in [2.75, 3.05) is 0 Å². The van der Waals surface area contributed by atoms with E-state index in [0.29, 0.717) is 18.3 Å². The predicted molar refractivity (Wildman–Crippen MR) is 49.9 cm³/mol. The zero-order valence-corrected chi connectivity index (χ0v) is 7.23. The first-order valence-electron chi connectivity index (χ1n) is 4.69. The standard InChI is InChI=1S/C11H11NO/c13-11-6-8-5-7-1-3-9(8)10(12-11)4-2-7/h1-5,7,9-10H,6H2,(H,12,13)/t7-,9+,10-/m1/s1. The Morgan fingerprint density at radius 1 is 1.23 bits per heavy atom. The van der Waals surface area contributed by atoms with Crippen LogP contribution in [0.15, 0.2) is 36.0 Å². The normalized spacial score (nSPS) is 39.8. The van der Waals surface area contributed by atoms with Crippen LogP contribution < -0.4 is 5.32 Å². The van der Waals surface area contributed by atoms with Crippen molar-refractivity contribution >= 4 is 5.91 Å². The van der Waals surface area contributed by atoms with Gasteiger partial charge >= 0.3 is 0 Å². The zero-order chi connectivity index (χ0) is 8.84. The maximum absolute atomic E-state index is 11.3. The summed E-state index contributed by atoms with van der Waals surface area (Å²) in [5.41, 5.74) is 1.30. The zero-order valence-electron chi connectivity index (χ0n) is 7.23. The van der Waals surface area contributed by atoms with Crippen LogP contribution in [0.5, 0.6) is 0 Å². The number of nitrogens with one attached hydrogen (secondary N) is 1. The number of carbonyl (C=O) groups excluding carboxylic acids is 1. The van der Waals surface area contributed by atoms with E-state index in [1.807, 2.05) is 0 Å². The third-order valence-corrected chi connectivity index (χ3v) is 3.00. The number of rotatable bonds is 0. The van der Waals surface area contributed by atoms with E-state index in [0.717, 1.165) is 0 Å². The Kier molecular flexibility index (Phi) is 1.29. The molecule has 1 N–H and O–H groups in total. The van der Waals surface area contributed by atoms with E-state index in [1.165, 1.54) is 5.57 Å². The van der Waals surface area contributed by atoms with Gasteiger partial charge in [-0.05, 0) is 0 Å². The lowest BCUT2D eigenvalue weighted by molar-refractivity contribution is -0.122. The predicted octanol–water partition coefficient (Wildman–Crippen LogP) is 1.17. The molecule has 1 fully saturated rings. The average molecular weight is 173 g/mol. The molecule has 4 aliphatic rings. The van der Waals surface area contributed by atoms with Crippen LogP contribution in [-0.4, -0.2) is 11.9 Å². The van der Waals surface area contributed by atoms with Crippen LogP contribution in [0.4, 0.5) is 0 Å². The number of hydrogen-bond donors (Lipinski definition) is 1. The Hall–Kier alpha value is -1.31. The second-order valence-electron chi connectivity index (χ2n) is 3.88. The quantitative estimate of drug-likeness (QED) is 0.547. The lowest BCUT2D eigenvalue weighted by Crippen LogP contribution is -2.44. The second kappa shape index (κ2) is 2.34. The number of carbonyl (C=O) groups is 1. The van der Waals surface area contributed by atoms with E-state index >= 15 is 0 Å². The maximum atomic E-state index is 11.3. The fourth-order valence-electron chi connectivity index (χ4n) is 2.36. The molecule has 1 amide bonds. The summed E-state index contributed by atoms with van der Waals surface area (Å²) in [7, 11) is 0. The minimum absolute atomic E-state index is 0.160. The van der Waals surface area contributed by atoms with Crippen LogP contribution in [0, 0.1) is 11.8 Å². The average Bonchev–Trinajstić information content (AvgIpc) is 2.35. The van der Waals surface area contributed by atoms with Gasteiger partial charge in [-0.3, -0.25) is 4.79 Å². The molecule has 0 aromatic rings. The van der Waals surface area contributed by atoms with Gasteiger partial charge in [0.25, 0.3) is 0 Å². The van der Waals surface area contributed by atoms with Gasteiger partial charge in [-0.1, -0.05) is 36.0 Å². The van der Waals surface area contributed by atoms with E-state index in [1.54, 1.807) is 0 Å². The van der Waals surface area contributed by atoms with Gasteiger partial charge in [0.2, 0.25) is 5.91 Å². The van der Waals surface area contributed by atoms with Gasteiger partial charge in [-0.2, -0.15) is 0 Å². The fraction of sp³-hybridized carbons (Fsp3) is 0.364. The fourth-order valence-corrected chi connectivity index (χ4v) is 2.36. The third kappa shape index (κ3) is 0.981. The van der Waals surface area contributed by atoms with Crippen molar-refractivity contribution in [3.8, 4) is 0 Å². The molecule has 0 aromatic carbocycles. The molecule has 2 heteroatoms. The minimum Gasteiger partial charge on any atom is -0.349 e. The molecule has 1 saturated heterocycles. The van der Waals surface area contributed by atoms with E-state index in [2.05, 4.69) is 35.7 Å². The van der Waals surface area contributed by atoms with Crippen LogP contribution in [0.25, 0.3) is 0 Å². The molecule has 0 unspecified atom stereocenters. The van der Waals surface area contributed by atoms with E-state index in [4.69, 9.17) is 0 Å². The van der Waals surface area contributed by atoms with Gasteiger partial charge < -0.3 is 5.32 Å². The van der Waals surface area contributed by atoms with Crippen molar-refractivity contribution < 1.29 is 4.79 Å². The molecule has 0 saturated carbocycles. The number of allylic oxidation sites excluding steroid dienone is 3. The summed E-state index contributed by atoms with van der Waals surface area (Å²) in [6, 6.07) is 0.205. The molecule has 4 rings (SSSR count).